The first-order chi connectivity index (χ1) is 10.5. The summed E-state index contributed by atoms with van der Waals surface area (Å²) in [4.78, 5) is 11.1. The Bertz CT molecular complexity index is 576. The van der Waals surface area contributed by atoms with E-state index in [4.69, 9.17) is 0 Å². The molecule has 0 heterocycles. The van der Waals surface area contributed by atoms with Crippen molar-refractivity contribution < 1.29 is 53.9 Å². The molecule has 0 aliphatic heterocycles. The zero-order chi connectivity index (χ0) is 17.9. The average Bonchev–Trinajstić information content (AvgIpc) is 2.46. The van der Waals surface area contributed by atoms with Crippen LogP contribution in [-0.2, 0) is 9.26 Å². The first kappa shape index (κ1) is 19.4. The Kier molecular flexibility index (Phi) is 6.11. The van der Waals surface area contributed by atoms with E-state index in [-0.39, 0.29) is 0 Å². The minimum atomic E-state index is -5.13. The average molecular weight is 372 g/mol. The predicted molar refractivity (Wildman–Crippen MR) is 58.8 cm³/mol. The monoisotopic (exact) mass is 372 g/mol. The second-order valence-corrected chi connectivity index (χ2v) is 4.07. The molecule has 1 aromatic carbocycles. The molecule has 2 atom stereocenters. The highest BCUT2D eigenvalue weighted by atomic mass is 31.0. The van der Waals surface area contributed by atoms with Gasteiger partial charge in [-0.1, -0.05) is 0 Å². The SMILES string of the molecule is O=C(Oc1c(F)c(F)c(F)c(F)c1F)O[C@H](COP)C(F)(F)F. The van der Waals surface area contributed by atoms with Crippen molar-refractivity contribution in [3.63, 3.8) is 0 Å². The number of ether oxygens (including phenoxy) is 2. The molecule has 0 fully saturated rings. The summed E-state index contributed by atoms with van der Waals surface area (Å²) in [5.74, 6) is -14.6. The quantitative estimate of drug-likeness (QED) is 0.202. The van der Waals surface area contributed by atoms with E-state index in [0.29, 0.717) is 0 Å². The van der Waals surface area contributed by atoms with Crippen LogP contribution in [0.4, 0.5) is 39.9 Å². The fourth-order valence-electron chi connectivity index (χ4n) is 1.18. The van der Waals surface area contributed by atoms with Gasteiger partial charge in [-0.3, -0.25) is 0 Å². The lowest BCUT2D eigenvalue weighted by Crippen LogP contribution is -2.38. The molecule has 130 valence electrons. The van der Waals surface area contributed by atoms with E-state index in [9.17, 15) is 39.9 Å². The van der Waals surface area contributed by atoms with Crippen LogP contribution in [0.5, 0.6) is 5.75 Å². The molecule has 1 aromatic rings. The number of carbonyl (C=O) groups is 1. The summed E-state index contributed by atoms with van der Waals surface area (Å²) in [6.07, 6.45) is -10.4. The van der Waals surface area contributed by atoms with Crippen molar-refractivity contribution in [2.45, 2.75) is 12.3 Å². The second-order valence-electron chi connectivity index (χ2n) is 3.73. The summed E-state index contributed by atoms with van der Waals surface area (Å²) in [5.41, 5.74) is 0. The van der Waals surface area contributed by atoms with Crippen molar-refractivity contribution in [2.75, 3.05) is 6.61 Å². The Morgan fingerprint density at radius 3 is 1.78 bits per heavy atom. The van der Waals surface area contributed by atoms with Crippen molar-refractivity contribution in [1.82, 2.24) is 0 Å². The summed E-state index contributed by atoms with van der Waals surface area (Å²) in [5, 5.41) is 0. The molecule has 13 heteroatoms. The molecular weight excluding hydrogens is 367 g/mol. The lowest BCUT2D eigenvalue weighted by Gasteiger charge is -2.19. The van der Waals surface area contributed by atoms with E-state index in [1.807, 2.05) is 0 Å². The van der Waals surface area contributed by atoms with Crippen LogP contribution >= 0.6 is 9.47 Å². The molecule has 0 bridgehead atoms. The third-order valence-corrected chi connectivity index (χ3v) is 2.40. The Labute approximate surface area is 124 Å². The second kappa shape index (κ2) is 7.26. The number of rotatable bonds is 4. The minimum absolute atomic E-state index is 1.22. The molecular formula is C10H5F8O4P. The number of alkyl halides is 3. The topological polar surface area (TPSA) is 44.8 Å². The van der Waals surface area contributed by atoms with E-state index in [1.165, 1.54) is 9.47 Å². The maximum Gasteiger partial charge on any atom is 0.514 e. The molecule has 4 nitrogen and oxygen atoms in total. The van der Waals surface area contributed by atoms with Crippen molar-refractivity contribution in [2.24, 2.45) is 0 Å². The van der Waals surface area contributed by atoms with Crippen LogP contribution in [0.2, 0.25) is 0 Å². The number of halogens is 8. The first-order valence-corrected chi connectivity index (χ1v) is 5.76. The molecule has 0 spiro atoms. The Balaban J connectivity index is 3.02. The van der Waals surface area contributed by atoms with E-state index in [0.717, 1.165) is 0 Å². The van der Waals surface area contributed by atoms with E-state index >= 15 is 0 Å². The normalized spacial score (nSPS) is 12.9. The number of benzene rings is 1. The lowest BCUT2D eigenvalue weighted by atomic mass is 10.3. The van der Waals surface area contributed by atoms with Crippen LogP contribution in [-0.4, -0.2) is 25.0 Å². The molecule has 0 saturated heterocycles. The van der Waals surface area contributed by atoms with Crippen LogP contribution in [0.15, 0.2) is 0 Å². The van der Waals surface area contributed by atoms with Crippen molar-refractivity contribution >= 4 is 15.6 Å². The van der Waals surface area contributed by atoms with Gasteiger partial charge in [-0.15, -0.1) is 0 Å². The standard InChI is InChI=1S/C10H5F8O4P/c11-3-4(12)6(14)8(7(15)5(3)13)22-9(19)21-2(1-20-23)10(16,17)18/h2H,1,23H2/t2-/m1/s1. The molecule has 1 unspecified atom stereocenters. The Hall–Kier alpha value is -1.68. The Morgan fingerprint density at radius 1 is 0.957 bits per heavy atom. The molecule has 0 radical (unpaired) electrons. The van der Waals surface area contributed by atoms with Crippen LogP contribution in [0.25, 0.3) is 0 Å². The maximum atomic E-state index is 13.2. The molecule has 23 heavy (non-hydrogen) atoms. The maximum absolute atomic E-state index is 13.2. The number of hydrogen-bond acceptors (Lipinski definition) is 4. The van der Waals surface area contributed by atoms with Gasteiger partial charge >= 0.3 is 12.3 Å². The highest BCUT2D eigenvalue weighted by molar-refractivity contribution is 7.09. The van der Waals surface area contributed by atoms with Gasteiger partial charge in [-0.2, -0.15) is 22.0 Å². The van der Waals surface area contributed by atoms with Crippen molar-refractivity contribution in [1.29, 1.82) is 0 Å². The van der Waals surface area contributed by atoms with E-state index in [1.54, 1.807) is 0 Å². The smallest absolute Gasteiger partial charge is 0.418 e. The molecule has 0 amide bonds. The number of carbonyl (C=O) groups excluding carboxylic acids is 1. The van der Waals surface area contributed by atoms with Crippen LogP contribution < -0.4 is 4.74 Å². The van der Waals surface area contributed by atoms with E-state index in [2.05, 4.69) is 14.0 Å². The third-order valence-electron chi connectivity index (χ3n) is 2.21. The fourth-order valence-corrected chi connectivity index (χ4v) is 1.36. The van der Waals surface area contributed by atoms with Crippen LogP contribution in [0, 0.1) is 29.1 Å². The summed E-state index contributed by atoms with van der Waals surface area (Å²) in [6, 6.07) is 0. The predicted octanol–water partition coefficient (Wildman–Crippen LogP) is 3.64. The molecule has 0 saturated carbocycles. The lowest BCUT2D eigenvalue weighted by molar-refractivity contribution is -0.212. The summed E-state index contributed by atoms with van der Waals surface area (Å²) >= 11 is 0. The van der Waals surface area contributed by atoms with Crippen molar-refractivity contribution in [3.05, 3.63) is 29.1 Å². The summed E-state index contributed by atoms with van der Waals surface area (Å²) in [6.45, 7) is -1.22. The molecule has 0 aromatic heterocycles. The fraction of sp³-hybridized carbons (Fsp3) is 0.300. The third kappa shape index (κ3) is 4.41. The van der Waals surface area contributed by atoms with Gasteiger partial charge in [-0.25, -0.2) is 18.0 Å². The van der Waals surface area contributed by atoms with Gasteiger partial charge in [0.2, 0.25) is 40.9 Å². The van der Waals surface area contributed by atoms with Gasteiger partial charge in [-0.05, 0) is 0 Å². The minimum Gasteiger partial charge on any atom is -0.418 e. The largest absolute Gasteiger partial charge is 0.514 e. The Morgan fingerprint density at radius 2 is 1.39 bits per heavy atom. The number of hydrogen-bond donors (Lipinski definition) is 0. The highest BCUT2D eigenvalue weighted by Gasteiger charge is 2.44. The molecule has 0 aliphatic carbocycles. The molecule has 0 aliphatic rings. The van der Waals surface area contributed by atoms with Gasteiger partial charge in [0.1, 0.15) is 0 Å². The van der Waals surface area contributed by atoms with Crippen molar-refractivity contribution in [3.8, 4) is 5.75 Å². The van der Waals surface area contributed by atoms with Gasteiger partial charge < -0.3 is 14.0 Å². The van der Waals surface area contributed by atoms with Gasteiger partial charge in [0.25, 0.3) is 0 Å². The van der Waals surface area contributed by atoms with Gasteiger partial charge in [0.05, 0.1) is 6.61 Å². The first-order valence-electron chi connectivity index (χ1n) is 5.29. The highest BCUT2D eigenvalue weighted by Crippen LogP contribution is 2.30. The van der Waals surface area contributed by atoms with E-state index < -0.39 is 59.9 Å². The molecule has 0 N–H and O–H groups in total. The van der Waals surface area contributed by atoms with Crippen LogP contribution in [0.1, 0.15) is 0 Å². The van der Waals surface area contributed by atoms with Crippen LogP contribution in [0.3, 0.4) is 0 Å². The zero-order valence-corrected chi connectivity index (χ0v) is 11.7. The molecule has 1 rings (SSSR count). The zero-order valence-electron chi connectivity index (χ0n) is 10.5. The summed E-state index contributed by atoms with van der Waals surface area (Å²) in [7, 11) is 1.42. The van der Waals surface area contributed by atoms with Gasteiger partial charge in [0, 0.05) is 9.47 Å². The van der Waals surface area contributed by atoms with Gasteiger partial charge in [0.15, 0.2) is 0 Å². The summed E-state index contributed by atoms with van der Waals surface area (Å²) < 4.78 is 113.